The summed E-state index contributed by atoms with van der Waals surface area (Å²) in [6.45, 7) is 5.91. The fraction of sp³-hybridized carbons (Fsp3) is 0.265. The molecule has 0 saturated heterocycles. The van der Waals surface area contributed by atoms with E-state index in [0.29, 0.717) is 30.3 Å². The lowest BCUT2D eigenvalue weighted by Gasteiger charge is -2.24. The van der Waals surface area contributed by atoms with Gasteiger partial charge < -0.3 is 34.1 Å². The van der Waals surface area contributed by atoms with Gasteiger partial charge in [-0.25, -0.2) is 4.79 Å². The van der Waals surface area contributed by atoms with Crippen LogP contribution in [0.5, 0.6) is 11.5 Å². The Morgan fingerprint density at radius 2 is 1.59 bits per heavy atom. The van der Waals surface area contributed by atoms with Crippen molar-refractivity contribution in [3.8, 4) is 11.5 Å². The molecular weight excluding hydrogens is 556 g/mol. The largest absolute Gasteiger partial charge is 0.497 e. The van der Waals surface area contributed by atoms with Crippen LogP contribution in [0.3, 0.4) is 0 Å². The van der Waals surface area contributed by atoms with Crippen molar-refractivity contribution in [3.05, 3.63) is 107 Å². The normalized spacial score (nSPS) is 12.4. The van der Waals surface area contributed by atoms with Gasteiger partial charge in [-0.1, -0.05) is 36.4 Å². The van der Waals surface area contributed by atoms with E-state index in [4.69, 9.17) is 24.4 Å². The quantitative estimate of drug-likeness (QED) is 0.176. The maximum atomic E-state index is 13.3. The predicted molar refractivity (Wildman–Crippen MR) is 169 cm³/mol. The minimum Gasteiger partial charge on any atom is -0.497 e. The molecule has 226 valence electrons. The minimum absolute atomic E-state index is 0.391. The number of carbonyl (C=O) groups excluding carboxylic acids is 1. The predicted octanol–water partition coefficient (Wildman–Crippen LogP) is 6.51. The van der Waals surface area contributed by atoms with Gasteiger partial charge in [-0.05, 0) is 50.6 Å². The summed E-state index contributed by atoms with van der Waals surface area (Å²) in [4.78, 5) is 20.0. The molecule has 3 heterocycles. The lowest BCUT2D eigenvalue weighted by Crippen LogP contribution is -2.36. The summed E-state index contributed by atoms with van der Waals surface area (Å²) in [6, 6.07) is 21.2. The van der Waals surface area contributed by atoms with Crippen molar-refractivity contribution in [2.75, 3.05) is 14.2 Å². The van der Waals surface area contributed by atoms with Gasteiger partial charge in [-0.3, -0.25) is 0 Å². The second-order valence-corrected chi connectivity index (χ2v) is 11.6. The van der Waals surface area contributed by atoms with Crippen LogP contribution in [-0.2, 0) is 17.7 Å². The Kier molecular flexibility index (Phi) is 7.73. The third kappa shape index (κ3) is 5.83. The molecule has 10 nitrogen and oxygen atoms in total. The van der Waals surface area contributed by atoms with Crippen LogP contribution >= 0.6 is 0 Å². The van der Waals surface area contributed by atoms with Gasteiger partial charge in [0.15, 0.2) is 5.82 Å². The minimum atomic E-state index is -0.681. The monoisotopic (exact) mass is 592 g/mol. The van der Waals surface area contributed by atoms with Crippen LogP contribution in [0.25, 0.3) is 21.8 Å². The van der Waals surface area contributed by atoms with Crippen LogP contribution < -0.4 is 14.8 Å². The van der Waals surface area contributed by atoms with Gasteiger partial charge in [-0.2, -0.15) is 0 Å². The molecule has 0 aliphatic carbocycles. The van der Waals surface area contributed by atoms with Crippen LogP contribution in [0, 0.1) is 0 Å². The molecule has 1 atom stereocenters. The van der Waals surface area contributed by atoms with E-state index in [2.05, 4.69) is 32.0 Å². The highest BCUT2D eigenvalue weighted by molar-refractivity contribution is 5.85. The van der Waals surface area contributed by atoms with E-state index in [1.54, 1.807) is 14.2 Å². The smallest absolute Gasteiger partial charge is 0.408 e. The van der Waals surface area contributed by atoms with E-state index >= 15 is 0 Å². The van der Waals surface area contributed by atoms with E-state index in [9.17, 15) is 4.79 Å². The molecule has 1 amide bonds. The molecule has 44 heavy (non-hydrogen) atoms. The number of alkyl carbamates (subject to hydrolysis) is 1. The third-order valence-electron chi connectivity index (χ3n) is 7.55. The number of benzene rings is 3. The van der Waals surface area contributed by atoms with Gasteiger partial charge in [0.05, 0.1) is 20.8 Å². The van der Waals surface area contributed by atoms with E-state index in [1.807, 2.05) is 87.8 Å². The van der Waals surface area contributed by atoms with Gasteiger partial charge >= 0.3 is 6.09 Å². The number of aromatic nitrogens is 5. The first-order valence-corrected chi connectivity index (χ1v) is 14.5. The van der Waals surface area contributed by atoms with Crippen molar-refractivity contribution < 1.29 is 19.0 Å². The van der Waals surface area contributed by atoms with Crippen LogP contribution in [0.1, 0.15) is 55.2 Å². The number of ether oxygens (including phenoxy) is 3. The van der Waals surface area contributed by atoms with Crippen molar-refractivity contribution >= 4 is 27.9 Å². The second kappa shape index (κ2) is 11.8. The number of amides is 1. The Morgan fingerprint density at radius 3 is 2.32 bits per heavy atom. The molecule has 3 N–H and O–H groups in total. The summed E-state index contributed by atoms with van der Waals surface area (Å²) in [6.07, 6.45) is 3.87. The highest BCUT2D eigenvalue weighted by atomic mass is 16.6. The molecule has 0 radical (unpaired) electrons. The Morgan fingerprint density at radius 1 is 0.886 bits per heavy atom. The number of hydrogen-bond donors (Lipinski definition) is 3. The number of fused-ring (bicyclic) bond motifs is 2. The fourth-order valence-electron chi connectivity index (χ4n) is 5.51. The van der Waals surface area contributed by atoms with E-state index in [1.165, 1.54) is 0 Å². The van der Waals surface area contributed by atoms with E-state index < -0.39 is 17.7 Å². The van der Waals surface area contributed by atoms with Crippen LogP contribution in [0.15, 0.2) is 79.1 Å². The Hall–Kier alpha value is -5.25. The van der Waals surface area contributed by atoms with Gasteiger partial charge in [0.1, 0.15) is 29.0 Å². The van der Waals surface area contributed by atoms with Crippen molar-refractivity contribution in [3.63, 3.8) is 0 Å². The van der Waals surface area contributed by atoms with Gasteiger partial charge in [0.2, 0.25) is 0 Å². The zero-order chi connectivity index (χ0) is 30.8. The SMILES string of the molecule is COc1ccc(Cn2c(Cc3c[nH]c4ccccc34)nnc2[C@@H](NC(=O)OC(C)(C)C)c2c[nH]c3ccccc23)c(OC)c1. The summed E-state index contributed by atoms with van der Waals surface area (Å²) in [5.41, 5.74) is 4.16. The molecule has 0 aliphatic heterocycles. The Bertz CT molecular complexity index is 1930. The first kappa shape index (κ1) is 28.9. The molecule has 0 aliphatic rings. The van der Waals surface area contributed by atoms with Crippen LogP contribution in [0.2, 0.25) is 0 Å². The summed E-state index contributed by atoms with van der Waals surface area (Å²) < 4.78 is 18.9. The molecular formula is C34H36N6O4. The van der Waals surface area contributed by atoms with Crippen molar-refractivity contribution in [2.45, 2.75) is 45.4 Å². The highest BCUT2D eigenvalue weighted by Gasteiger charge is 2.30. The van der Waals surface area contributed by atoms with E-state index in [0.717, 1.165) is 44.3 Å². The summed E-state index contributed by atoms with van der Waals surface area (Å²) in [5, 5.41) is 14.6. The summed E-state index contributed by atoms with van der Waals surface area (Å²) in [7, 11) is 3.26. The summed E-state index contributed by atoms with van der Waals surface area (Å²) >= 11 is 0. The zero-order valence-corrected chi connectivity index (χ0v) is 25.5. The number of nitrogens with one attached hydrogen (secondary N) is 3. The van der Waals surface area contributed by atoms with Gasteiger partial charge in [-0.15, -0.1) is 10.2 Å². The van der Waals surface area contributed by atoms with Crippen molar-refractivity contribution in [1.29, 1.82) is 0 Å². The Labute approximate surface area is 255 Å². The maximum Gasteiger partial charge on any atom is 0.408 e. The molecule has 0 spiro atoms. The molecule has 3 aromatic carbocycles. The van der Waals surface area contributed by atoms with Crippen LogP contribution in [-0.4, -0.2) is 50.6 Å². The lowest BCUT2D eigenvalue weighted by atomic mass is 10.0. The number of nitrogens with zero attached hydrogens (tertiary/aromatic N) is 3. The molecule has 0 saturated carbocycles. The molecule has 10 heteroatoms. The molecule has 6 rings (SSSR count). The first-order valence-electron chi connectivity index (χ1n) is 14.5. The third-order valence-corrected chi connectivity index (χ3v) is 7.55. The zero-order valence-electron chi connectivity index (χ0n) is 25.5. The number of methoxy groups -OCH3 is 2. The number of para-hydroxylation sites is 2. The van der Waals surface area contributed by atoms with Gasteiger partial charge in [0.25, 0.3) is 0 Å². The van der Waals surface area contributed by atoms with Crippen molar-refractivity contribution in [1.82, 2.24) is 30.0 Å². The van der Waals surface area contributed by atoms with Crippen LogP contribution in [0.4, 0.5) is 4.79 Å². The average molecular weight is 593 g/mol. The molecule has 0 fully saturated rings. The summed E-state index contributed by atoms with van der Waals surface area (Å²) in [5.74, 6) is 2.66. The maximum absolute atomic E-state index is 13.3. The number of H-pyrrole nitrogens is 2. The second-order valence-electron chi connectivity index (χ2n) is 11.6. The topological polar surface area (TPSA) is 119 Å². The average Bonchev–Trinajstić information content (AvgIpc) is 3.73. The fourth-order valence-corrected chi connectivity index (χ4v) is 5.51. The number of aromatic amines is 2. The Balaban J connectivity index is 1.50. The first-order chi connectivity index (χ1) is 21.2. The molecule has 6 aromatic rings. The number of hydrogen-bond acceptors (Lipinski definition) is 6. The standard InChI is InChI=1S/C34H36N6O4/c1-34(2,3)44-33(41)37-31(26-19-36-28-13-9-7-11-25(26)28)32-39-38-30(16-22-18-35-27-12-8-6-10-24(22)27)40(32)20-21-14-15-23(42-4)17-29(21)43-5/h6-15,17-19,31,35-36H,16,20H2,1-5H3,(H,37,41)/t31-/m0/s1. The molecule has 3 aromatic heterocycles. The number of carbonyl (C=O) groups is 1. The molecule has 0 unspecified atom stereocenters. The lowest BCUT2D eigenvalue weighted by molar-refractivity contribution is 0.0510. The van der Waals surface area contributed by atoms with Crippen molar-refractivity contribution in [2.24, 2.45) is 0 Å². The molecule has 0 bridgehead atoms. The van der Waals surface area contributed by atoms with Gasteiger partial charge in [0, 0.05) is 57.8 Å². The van der Waals surface area contributed by atoms with E-state index in [-0.39, 0.29) is 0 Å². The highest BCUT2D eigenvalue weighted by Crippen LogP contribution is 2.32. The number of rotatable bonds is 9.